The molecule has 3 atom stereocenters. The Kier molecular flexibility index (Phi) is 3.91. The molecule has 1 aromatic carbocycles. The Labute approximate surface area is 126 Å². The van der Waals surface area contributed by atoms with E-state index in [4.69, 9.17) is 0 Å². The highest BCUT2D eigenvalue weighted by Crippen LogP contribution is 2.42. The maximum atomic E-state index is 12.0. The van der Waals surface area contributed by atoms with Crippen molar-refractivity contribution >= 4 is 12.1 Å². The molecule has 0 radical (unpaired) electrons. The van der Waals surface area contributed by atoms with Gasteiger partial charge in [0.25, 0.3) is 5.91 Å². The lowest BCUT2D eigenvalue weighted by Gasteiger charge is -2.12. The van der Waals surface area contributed by atoms with Gasteiger partial charge < -0.3 is 0 Å². The van der Waals surface area contributed by atoms with Crippen molar-refractivity contribution in [3.05, 3.63) is 47.5 Å². The second kappa shape index (κ2) is 5.84. The first-order valence-corrected chi connectivity index (χ1v) is 7.75. The van der Waals surface area contributed by atoms with Crippen molar-refractivity contribution in [3.8, 4) is 0 Å². The molecule has 2 aliphatic rings. The fourth-order valence-electron chi connectivity index (χ4n) is 3.27. The minimum absolute atomic E-state index is 0.139. The van der Waals surface area contributed by atoms with Gasteiger partial charge in [-0.2, -0.15) is 5.10 Å². The highest BCUT2D eigenvalue weighted by molar-refractivity contribution is 5.94. The molecule has 2 aliphatic carbocycles. The molecular weight excluding hydrogens is 260 g/mol. The first kappa shape index (κ1) is 14.1. The standard InChI is InChI=1S/C18H22N2O/c1-12(2)14-5-7-15(8-6-14)18(21)20-19-11-17-10-13-3-4-16(17)9-13/h3-8,11-13,16-17H,9-10H2,1-2H3,(H,20,21)/b19-11-/t13-,16-,17-/m0/s1. The molecule has 3 heteroatoms. The summed E-state index contributed by atoms with van der Waals surface area (Å²) in [4.78, 5) is 12.0. The first-order chi connectivity index (χ1) is 10.1. The van der Waals surface area contributed by atoms with Crippen molar-refractivity contribution in [3.63, 3.8) is 0 Å². The second-order valence-corrected chi connectivity index (χ2v) is 6.44. The van der Waals surface area contributed by atoms with Gasteiger partial charge in [-0.25, -0.2) is 5.43 Å². The normalized spacial score (nSPS) is 26.9. The van der Waals surface area contributed by atoms with Crippen LogP contribution in [0.5, 0.6) is 0 Å². The minimum Gasteiger partial charge on any atom is -0.267 e. The van der Waals surface area contributed by atoms with Crippen LogP contribution in [0, 0.1) is 17.8 Å². The van der Waals surface area contributed by atoms with Gasteiger partial charge in [0.2, 0.25) is 0 Å². The Balaban J connectivity index is 1.55. The van der Waals surface area contributed by atoms with Gasteiger partial charge in [0.1, 0.15) is 0 Å². The Morgan fingerprint density at radius 3 is 2.57 bits per heavy atom. The largest absolute Gasteiger partial charge is 0.271 e. The number of nitrogens with zero attached hydrogens (tertiary/aromatic N) is 1. The third kappa shape index (κ3) is 3.07. The molecule has 0 spiro atoms. The number of carbonyl (C=O) groups is 1. The summed E-state index contributed by atoms with van der Waals surface area (Å²) in [7, 11) is 0. The summed E-state index contributed by atoms with van der Waals surface area (Å²) >= 11 is 0. The average molecular weight is 282 g/mol. The van der Waals surface area contributed by atoms with Gasteiger partial charge in [-0.15, -0.1) is 0 Å². The second-order valence-electron chi connectivity index (χ2n) is 6.44. The zero-order valence-electron chi connectivity index (χ0n) is 12.6. The van der Waals surface area contributed by atoms with E-state index in [1.54, 1.807) is 0 Å². The molecular formula is C18H22N2O. The highest BCUT2D eigenvalue weighted by atomic mass is 16.2. The smallest absolute Gasteiger partial charge is 0.267 e. The lowest BCUT2D eigenvalue weighted by Crippen LogP contribution is -2.19. The molecule has 1 N–H and O–H groups in total. The van der Waals surface area contributed by atoms with Gasteiger partial charge in [0.15, 0.2) is 0 Å². The zero-order valence-corrected chi connectivity index (χ0v) is 12.6. The number of hydrogen-bond acceptors (Lipinski definition) is 2. The van der Waals surface area contributed by atoms with Crippen LogP contribution in [0.1, 0.15) is 48.5 Å². The Hall–Kier alpha value is -1.90. The summed E-state index contributed by atoms with van der Waals surface area (Å²) in [6, 6.07) is 7.73. The summed E-state index contributed by atoms with van der Waals surface area (Å²) in [5, 5.41) is 4.15. The van der Waals surface area contributed by atoms with Gasteiger partial charge >= 0.3 is 0 Å². The molecule has 1 aromatic rings. The molecule has 1 fully saturated rings. The lowest BCUT2D eigenvalue weighted by molar-refractivity contribution is 0.0955. The fraction of sp³-hybridized carbons (Fsp3) is 0.444. The third-order valence-corrected chi connectivity index (χ3v) is 4.60. The van der Waals surface area contributed by atoms with E-state index in [0.717, 1.165) is 5.92 Å². The quantitative estimate of drug-likeness (QED) is 0.510. The van der Waals surface area contributed by atoms with Crippen LogP contribution in [0.4, 0.5) is 0 Å². The number of fused-ring (bicyclic) bond motifs is 2. The molecule has 0 unspecified atom stereocenters. The van der Waals surface area contributed by atoms with Crippen LogP contribution in [0.3, 0.4) is 0 Å². The molecule has 21 heavy (non-hydrogen) atoms. The van der Waals surface area contributed by atoms with Crippen molar-refractivity contribution < 1.29 is 4.79 Å². The number of rotatable bonds is 4. The van der Waals surface area contributed by atoms with E-state index in [9.17, 15) is 4.79 Å². The molecule has 0 aromatic heterocycles. The third-order valence-electron chi connectivity index (χ3n) is 4.60. The molecule has 110 valence electrons. The van der Waals surface area contributed by atoms with E-state index < -0.39 is 0 Å². The number of allylic oxidation sites excluding steroid dienone is 2. The van der Waals surface area contributed by atoms with Crippen LogP contribution in [-0.2, 0) is 0 Å². The van der Waals surface area contributed by atoms with Crippen molar-refractivity contribution in [2.45, 2.75) is 32.6 Å². The summed E-state index contributed by atoms with van der Waals surface area (Å²) in [6.45, 7) is 4.28. The summed E-state index contributed by atoms with van der Waals surface area (Å²) in [5.74, 6) is 2.18. The van der Waals surface area contributed by atoms with E-state index in [2.05, 4.69) is 36.5 Å². The van der Waals surface area contributed by atoms with Crippen LogP contribution in [0.15, 0.2) is 41.5 Å². The number of benzene rings is 1. The number of carbonyl (C=O) groups excluding carboxylic acids is 1. The van der Waals surface area contributed by atoms with E-state index in [1.165, 1.54) is 18.4 Å². The van der Waals surface area contributed by atoms with Gasteiger partial charge in [-0.3, -0.25) is 4.79 Å². The Morgan fingerprint density at radius 2 is 2.00 bits per heavy atom. The highest BCUT2D eigenvalue weighted by Gasteiger charge is 2.34. The van der Waals surface area contributed by atoms with Crippen molar-refractivity contribution in [2.75, 3.05) is 0 Å². The van der Waals surface area contributed by atoms with Crippen LogP contribution < -0.4 is 5.43 Å². The minimum atomic E-state index is -0.139. The summed E-state index contributed by atoms with van der Waals surface area (Å²) < 4.78 is 0. The molecule has 0 saturated heterocycles. The number of nitrogens with one attached hydrogen (secondary N) is 1. The van der Waals surface area contributed by atoms with Crippen molar-refractivity contribution in [1.29, 1.82) is 0 Å². The van der Waals surface area contributed by atoms with Crippen LogP contribution >= 0.6 is 0 Å². The molecule has 0 heterocycles. The van der Waals surface area contributed by atoms with Crippen molar-refractivity contribution in [2.24, 2.45) is 22.9 Å². The first-order valence-electron chi connectivity index (χ1n) is 7.75. The predicted molar refractivity (Wildman–Crippen MR) is 85.3 cm³/mol. The number of amides is 1. The maximum absolute atomic E-state index is 12.0. The molecule has 2 bridgehead atoms. The van der Waals surface area contributed by atoms with Crippen molar-refractivity contribution in [1.82, 2.24) is 5.43 Å². The van der Waals surface area contributed by atoms with E-state index >= 15 is 0 Å². The summed E-state index contributed by atoms with van der Waals surface area (Å²) in [6.07, 6.45) is 8.93. The number of hydrogen-bond donors (Lipinski definition) is 1. The molecule has 0 aliphatic heterocycles. The number of hydrazone groups is 1. The van der Waals surface area contributed by atoms with Crippen LogP contribution in [0.2, 0.25) is 0 Å². The van der Waals surface area contributed by atoms with E-state index in [0.29, 0.717) is 23.3 Å². The topological polar surface area (TPSA) is 41.5 Å². The molecule has 3 nitrogen and oxygen atoms in total. The molecule has 1 amide bonds. The maximum Gasteiger partial charge on any atom is 0.271 e. The van der Waals surface area contributed by atoms with Crippen LogP contribution in [0.25, 0.3) is 0 Å². The fourth-order valence-corrected chi connectivity index (χ4v) is 3.27. The Bertz CT molecular complexity index is 571. The summed E-state index contributed by atoms with van der Waals surface area (Å²) in [5.41, 5.74) is 4.54. The molecule has 1 saturated carbocycles. The van der Waals surface area contributed by atoms with Gasteiger partial charge in [0, 0.05) is 17.7 Å². The van der Waals surface area contributed by atoms with Crippen LogP contribution in [-0.4, -0.2) is 12.1 Å². The van der Waals surface area contributed by atoms with Gasteiger partial charge in [0.05, 0.1) is 0 Å². The zero-order chi connectivity index (χ0) is 14.8. The Morgan fingerprint density at radius 1 is 1.24 bits per heavy atom. The SMILES string of the molecule is CC(C)c1ccc(C(=O)N/N=C\[C@@H]2C[C@H]3C=C[C@H]2C3)cc1. The van der Waals surface area contributed by atoms with Gasteiger partial charge in [-0.05, 0) is 48.3 Å². The van der Waals surface area contributed by atoms with E-state index in [1.807, 2.05) is 30.5 Å². The monoisotopic (exact) mass is 282 g/mol. The van der Waals surface area contributed by atoms with E-state index in [-0.39, 0.29) is 5.91 Å². The average Bonchev–Trinajstić information content (AvgIpc) is 3.10. The lowest BCUT2D eigenvalue weighted by atomic mass is 9.95. The predicted octanol–water partition coefficient (Wildman–Crippen LogP) is 3.74. The van der Waals surface area contributed by atoms with Gasteiger partial charge in [-0.1, -0.05) is 38.1 Å². The molecule has 3 rings (SSSR count).